The molecule has 2 aliphatic rings. The first-order valence-corrected chi connectivity index (χ1v) is 11.7. The van der Waals surface area contributed by atoms with Crippen molar-refractivity contribution in [3.8, 4) is 0 Å². The lowest BCUT2D eigenvalue weighted by Crippen LogP contribution is -2.62. The fourth-order valence-corrected chi connectivity index (χ4v) is 5.55. The summed E-state index contributed by atoms with van der Waals surface area (Å²) in [7, 11) is 0. The lowest BCUT2D eigenvalue weighted by atomic mass is 9.89. The van der Waals surface area contributed by atoms with Gasteiger partial charge in [0.2, 0.25) is 11.8 Å². The highest BCUT2D eigenvalue weighted by atomic mass is 16.5. The summed E-state index contributed by atoms with van der Waals surface area (Å²) < 4.78 is 2.23. The lowest BCUT2D eigenvalue weighted by molar-refractivity contribution is -0.159. The van der Waals surface area contributed by atoms with Gasteiger partial charge in [-0.3, -0.25) is 19.6 Å². The van der Waals surface area contributed by atoms with Crippen molar-refractivity contribution in [2.45, 2.75) is 45.3 Å². The fourth-order valence-electron chi connectivity index (χ4n) is 5.55. The molecule has 0 unspecified atom stereocenters. The number of benzene rings is 2. The van der Waals surface area contributed by atoms with Crippen LogP contribution >= 0.6 is 0 Å². The monoisotopic (exact) mass is 460 g/mol. The highest BCUT2D eigenvalue weighted by Crippen LogP contribution is 2.41. The molecular weight excluding hydrogens is 432 g/mol. The molecule has 0 saturated carbocycles. The zero-order chi connectivity index (χ0) is 24.0. The maximum atomic E-state index is 13.3. The number of piperazine rings is 1. The van der Waals surface area contributed by atoms with Crippen LogP contribution in [-0.2, 0) is 22.6 Å². The Balaban J connectivity index is 1.58. The van der Waals surface area contributed by atoms with Gasteiger partial charge in [-0.1, -0.05) is 37.3 Å². The minimum atomic E-state index is -0.555. The molecule has 3 aromatic rings. The number of aromatic nitrogens is 1. The quantitative estimate of drug-likeness (QED) is 0.452. The van der Waals surface area contributed by atoms with Gasteiger partial charge < -0.3 is 14.4 Å². The highest BCUT2D eigenvalue weighted by molar-refractivity contribution is 5.97. The van der Waals surface area contributed by atoms with Gasteiger partial charge in [0.25, 0.3) is 5.91 Å². The van der Waals surface area contributed by atoms with Crippen LogP contribution in [0.15, 0.2) is 48.5 Å². The molecule has 0 aliphatic carbocycles. The number of hydroxylamine groups is 1. The molecule has 1 fully saturated rings. The summed E-state index contributed by atoms with van der Waals surface area (Å²) in [5.74, 6) is -0.527. The van der Waals surface area contributed by atoms with Gasteiger partial charge >= 0.3 is 0 Å². The van der Waals surface area contributed by atoms with E-state index in [4.69, 9.17) is 5.21 Å². The van der Waals surface area contributed by atoms with Crippen LogP contribution in [0.25, 0.3) is 10.9 Å². The largest absolute Gasteiger partial charge is 0.338 e. The van der Waals surface area contributed by atoms with Crippen molar-refractivity contribution in [1.82, 2.24) is 19.8 Å². The Bertz CT molecular complexity index is 1280. The molecule has 3 heterocycles. The van der Waals surface area contributed by atoms with Gasteiger partial charge in [-0.2, -0.15) is 0 Å². The second kappa shape index (κ2) is 8.61. The summed E-state index contributed by atoms with van der Waals surface area (Å²) in [6.07, 6.45) is 1.33. The highest BCUT2D eigenvalue weighted by Gasteiger charge is 2.46. The summed E-state index contributed by atoms with van der Waals surface area (Å²) in [5, 5.41) is 9.97. The Morgan fingerprint density at radius 2 is 1.85 bits per heavy atom. The molecule has 1 aromatic heterocycles. The SMILES string of the molecule is CCCN1CC(=O)N2[C@H](Cc3c(n(Cc4ccc(C(=O)NO)cc4)c4ccccc34)[C@@H]2C)C1=O. The molecule has 0 spiro atoms. The maximum absolute atomic E-state index is 13.3. The molecule has 176 valence electrons. The molecule has 0 bridgehead atoms. The second-order valence-corrected chi connectivity index (χ2v) is 9.06. The smallest absolute Gasteiger partial charge is 0.274 e. The van der Waals surface area contributed by atoms with Gasteiger partial charge in [0.1, 0.15) is 6.04 Å². The Hall–Kier alpha value is -3.65. The van der Waals surface area contributed by atoms with Crippen molar-refractivity contribution in [1.29, 1.82) is 0 Å². The molecule has 0 radical (unpaired) electrons. The lowest BCUT2D eigenvalue weighted by Gasteiger charge is -2.46. The van der Waals surface area contributed by atoms with Crippen molar-refractivity contribution in [2.24, 2.45) is 0 Å². The molecule has 1 saturated heterocycles. The van der Waals surface area contributed by atoms with E-state index in [1.165, 1.54) is 0 Å². The Morgan fingerprint density at radius 1 is 1.12 bits per heavy atom. The molecule has 8 nitrogen and oxygen atoms in total. The Morgan fingerprint density at radius 3 is 2.56 bits per heavy atom. The summed E-state index contributed by atoms with van der Waals surface area (Å²) in [5.41, 5.74) is 6.25. The third-order valence-corrected chi connectivity index (χ3v) is 7.03. The van der Waals surface area contributed by atoms with E-state index >= 15 is 0 Å². The minimum absolute atomic E-state index is 0.00706. The topological polar surface area (TPSA) is 94.9 Å². The van der Waals surface area contributed by atoms with E-state index in [1.54, 1.807) is 27.4 Å². The molecule has 2 aliphatic heterocycles. The van der Waals surface area contributed by atoms with Crippen LogP contribution < -0.4 is 5.48 Å². The average Bonchev–Trinajstić information content (AvgIpc) is 3.16. The molecule has 8 heteroatoms. The van der Waals surface area contributed by atoms with Crippen molar-refractivity contribution in [3.05, 3.63) is 70.9 Å². The molecule has 5 rings (SSSR count). The summed E-state index contributed by atoms with van der Waals surface area (Å²) >= 11 is 0. The van der Waals surface area contributed by atoms with Gasteiger partial charge in [0.05, 0.1) is 12.6 Å². The van der Waals surface area contributed by atoms with E-state index in [9.17, 15) is 14.4 Å². The molecule has 2 aromatic carbocycles. The predicted octanol–water partition coefficient (Wildman–Crippen LogP) is 2.88. The van der Waals surface area contributed by atoms with Crippen LogP contribution in [0.3, 0.4) is 0 Å². The number of carbonyl (C=O) groups excluding carboxylic acids is 3. The number of nitrogens with zero attached hydrogens (tertiary/aromatic N) is 3. The second-order valence-electron chi connectivity index (χ2n) is 9.06. The van der Waals surface area contributed by atoms with E-state index in [1.807, 2.05) is 38.1 Å². The van der Waals surface area contributed by atoms with Gasteiger partial charge in [-0.05, 0) is 42.7 Å². The number of para-hydroxylation sites is 1. The molecule has 2 N–H and O–H groups in total. The van der Waals surface area contributed by atoms with E-state index in [0.717, 1.165) is 34.1 Å². The van der Waals surface area contributed by atoms with Crippen LogP contribution in [0.4, 0.5) is 0 Å². The van der Waals surface area contributed by atoms with Crippen molar-refractivity contribution in [3.63, 3.8) is 0 Å². The maximum Gasteiger partial charge on any atom is 0.274 e. The number of nitrogens with one attached hydrogen (secondary N) is 1. The standard InChI is InChI=1S/C26H28N4O4/c1-3-12-28-15-23(31)30-16(2)24-20(13-22(30)26(28)33)19-6-4-5-7-21(19)29(24)14-17-8-10-18(11-9-17)25(32)27-34/h4-11,16,22,34H,3,12-15H2,1-2H3,(H,27,32)/t16-,22+/m0/s1. The zero-order valence-electron chi connectivity index (χ0n) is 19.3. The number of amides is 3. The van der Waals surface area contributed by atoms with E-state index in [2.05, 4.69) is 16.7 Å². The van der Waals surface area contributed by atoms with Crippen LogP contribution in [0, 0.1) is 0 Å². The van der Waals surface area contributed by atoms with Crippen LogP contribution in [0.1, 0.15) is 53.5 Å². The first-order chi connectivity index (χ1) is 16.4. The van der Waals surface area contributed by atoms with Crippen molar-refractivity contribution >= 4 is 28.6 Å². The number of hydrogen-bond acceptors (Lipinski definition) is 4. The van der Waals surface area contributed by atoms with Crippen LogP contribution in [0.5, 0.6) is 0 Å². The summed E-state index contributed by atoms with van der Waals surface area (Å²) in [4.78, 5) is 41.6. The molecule has 2 atom stereocenters. The first kappa shape index (κ1) is 22.2. The number of hydrogen-bond donors (Lipinski definition) is 2. The normalized spacial score (nSPS) is 19.9. The van der Waals surface area contributed by atoms with Crippen LogP contribution in [0.2, 0.25) is 0 Å². The average molecular weight is 461 g/mol. The predicted molar refractivity (Wildman–Crippen MR) is 126 cm³/mol. The van der Waals surface area contributed by atoms with Gasteiger partial charge in [0, 0.05) is 41.7 Å². The van der Waals surface area contributed by atoms with Crippen LogP contribution in [-0.4, -0.2) is 56.4 Å². The number of rotatable bonds is 5. The minimum Gasteiger partial charge on any atom is -0.338 e. The zero-order valence-corrected chi connectivity index (χ0v) is 19.3. The molecular formula is C26H28N4O4. The first-order valence-electron chi connectivity index (χ1n) is 11.7. The Kier molecular flexibility index (Phi) is 5.61. The van der Waals surface area contributed by atoms with E-state index in [-0.39, 0.29) is 24.4 Å². The van der Waals surface area contributed by atoms with Gasteiger partial charge in [-0.15, -0.1) is 0 Å². The van der Waals surface area contributed by atoms with Crippen molar-refractivity contribution < 1.29 is 19.6 Å². The van der Waals surface area contributed by atoms with Gasteiger partial charge in [-0.25, -0.2) is 5.48 Å². The third kappa shape index (κ3) is 3.45. The number of fused-ring (bicyclic) bond motifs is 4. The molecule has 3 amide bonds. The van der Waals surface area contributed by atoms with Gasteiger partial charge in [0.15, 0.2) is 0 Å². The molecule has 34 heavy (non-hydrogen) atoms. The Labute approximate surface area is 197 Å². The summed E-state index contributed by atoms with van der Waals surface area (Å²) in [6, 6.07) is 14.5. The third-order valence-electron chi connectivity index (χ3n) is 7.03. The van der Waals surface area contributed by atoms with Crippen molar-refractivity contribution in [2.75, 3.05) is 13.1 Å². The summed E-state index contributed by atoms with van der Waals surface area (Å²) in [6.45, 7) is 5.32. The number of carbonyl (C=O) groups is 3. The van der Waals surface area contributed by atoms with E-state index < -0.39 is 11.9 Å². The van der Waals surface area contributed by atoms with E-state index in [0.29, 0.717) is 25.1 Å². The fraction of sp³-hybridized carbons (Fsp3) is 0.346.